The first-order chi connectivity index (χ1) is 16.1. The number of ether oxygens (including phenoxy) is 2. The van der Waals surface area contributed by atoms with Crippen molar-refractivity contribution in [3.63, 3.8) is 0 Å². The van der Waals surface area contributed by atoms with Gasteiger partial charge in [0.25, 0.3) is 0 Å². The summed E-state index contributed by atoms with van der Waals surface area (Å²) in [4.78, 5) is 4.42. The molecule has 0 bridgehead atoms. The molecular formula is C25H18BrFN4O2. The van der Waals surface area contributed by atoms with Crippen LogP contribution in [0.1, 0.15) is 28.8 Å². The van der Waals surface area contributed by atoms with Gasteiger partial charge in [-0.2, -0.15) is 10.1 Å². The molecule has 2 unspecified atom stereocenters. The molecule has 0 saturated carbocycles. The number of aromatic nitrogens is 3. The van der Waals surface area contributed by atoms with Crippen LogP contribution in [0.3, 0.4) is 0 Å². The van der Waals surface area contributed by atoms with Crippen LogP contribution in [0.25, 0.3) is 5.70 Å². The van der Waals surface area contributed by atoms with Gasteiger partial charge in [-0.3, -0.25) is 0 Å². The largest absolute Gasteiger partial charge is 0.497 e. The Balaban J connectivity index is 1.62. The van der Waals surface area contributed by atoms with Gasteiger partial charge >= 0.3 is 0 Å². The van der Waals surface area contributed by atoms with Gasteiger partial charge in [-0.05, 0) is 47.5 Å². The number of nitrogens with zero attached hydrogens (tertiary/aromatic N) is 3. The number of rotatable bonds is 3. The van der Waals surface area contributed by atoms with E-state index in [4.69, 9.17) is 9.47 Å². The van der Waals surface area contributed by atoms with E-state index in [9.17, 15) is 4.39 Å². The van der Waals surface area contributed by atoms with Crippen molar-refractivity contribution in [3.8, 4) is 11.5 Å². The van der Waals surface area contributed by atoms with E-state index in [1.54, 1.807) is 19.2 Å². The maximum atomic E-state index is 13.8. The van der Waals surface area contributed by atoms with E-state index in [1.165, 1.54) is 18.5 Å². The van der Waals surface area contributed by atoms with Gasteiger partial charge in [-0.25, -0.2) is 9.07 Å². The minimum absolute atomic E-state index is 0.289. The Hall–Kier alpha value is -3.65. The quantitative estimate of drug-likeness (QED) is 0.385. The fourth-order valence-corrected chi connectivity index (χ4v) is 4.72. The first kappa shape index (κ1) is 20.0. The molecule has 164 valence electrons. The molecular weight excluding hydrogens is 487 g/mol. The maximum absolute atomic E-state index is 13.8. The van der Waals surface area contributed by atoms with Crippen LogP contribution < -0.4 is 14.8 Å². The summed E-state index contributed by atoms with van der Waals surface area (Å²) in [7, 11) is 1.63. The van der Waals surface area contributed by atoms with E-state index in [2.05, 4.69) is 31.3 Å². The third-order valence-corrected chi connectivity index (χ3v) is 6.51. The Morgan fingerprint density at radius 2 is 1.79 bits per heavy atom. The van der Waals surface area contributed by atoms with E-state index < -0.39 is 6.10 Å². The third kappa shape index (κ3) is 3.29. The summed E-state index contributed by atoms with van der Waals surface area (Å²) in [5.41, 5.74) is 4.65. The molecule has 0 aliphatic carbocycles. The Morgan fingerprint density at radius 1 is 1.03 bits per heavy atom. The van der Waals surface area contributed by atoms with Crippen molar-refractivity contribution < 1.29 is 13.9 Å². The van der Waals surface area contributed by atoms with Gasteiger partial charge in [0, 0.05) is 21.7 Å². The fourth-order valence-electron chi connectivity index (χ4n) is 4.45. The lowest BCUT2D eigenvalue weighted by Gasteiger charge is -2.39. The van der Waals surface area contributed by atoms with Gasteiger partial charge < -0.3 is 14.8 Å². The van der Waals surface area contributed by atoms with Gasteiger partial charge in [0.1, 0.15) is 35.8 Å². The summed E-state index contributed by atoms with van der Waals surface area (Å²) >= 11 is 3.51. The number of methoxy groups -OCH3 is 1. The molecule has 1 aromatic heterocycles. The van der Waals surface area contributed by atoms with E-state index in [0.717, 1.165) is 32.4 Å². The Bertz CT molecular complexity index is 1380. The van der Waals surface area contributed by atoms with Crippen molar-refractivity contribution in [2.75, 3.05) is 12.4 Å². The summed E-state index contributed by atoms with van der Waals surface area (Å²) in [6.45, 7) is 0. The second-order valence-corrected chi connectivity index (χ2v) is 8.76. The summed E-state index contributed by atoms with van der Waals surface area (Å²) < 4.78 is 28.6. The number of hydrogen-bond donors (Lipinski definition) is 1. The normalized spacial score (nSPS) is 18.5. The summed E-state index contributed by atoms with van der Waals surface area (Å²) in [5.74, 6) is 1.74. The van der Waals surface area contributed by atoms with E-state index >= 15 is 0 Å². The molecule has 3 aromatic carbocycles. The second kappa shape index (κ2) is 7.74. The van der Waals surface area contributed by atoms with Gasteiger partial charge in [-0.15, -0.1) is 0 Å². The van der Waals surface area contributed by atoms with E-state index in [1.807, 2.05) is 47.1 Å². The molecule has 1 N–H and O–H groups in total. The zero-order valence-electron chi connectivity index (χ0n) is 17.5. The monoisotopic (exact) mass is 504 g/mol. The topological polar surface area (TPSA) is 61.2 Å². The van der Waals surface area contributed by atoms with Crippen LogP contribution in [-0.2, 0) is 0 Å². The summed E-state index contributed by atoms with van der Waals surface area (Å²) in [5, 5.41) is 7.95. The third-order valence-electron chi connectivity index (χ3n) is 5.98. The maximum Gasteiger partial charge on any atom is 0.226 e. The zero-order chi connectivity index (χ0) is 22.5. The van der Waals surface area contributed by atoms with Gasteiger partial charge in [-0.1, -0.05) is 40.2 Å². The van der Waals surface area contributed by atoms with Crippen molar-refractivity contribution in [1.82, 2.24) is 14.8 Å². The van der Waals surface area contributed by atoms with E-state index in [-0.39, 0.29) is 11.9 Å². The molecule has 4 aromatic rings. The minimum Gasteiger partial charge on any atom is -0.497 e. The van der Waals surface area contributed by atoms with Crippen LogP contribution in [0, 0.1) is 5.82 Å². The number of nitrogens with one attached hydrogen (secondary N) is 1. The first-order valence-corrected chi connectivity index (χ1v) is 11.2. The molecule has 6 nitrogen and oxygen atoms in total. The average molecular weight is 505 g/mol. The van der Waals surface area contributed by atoms with Crippen LogP contribution in [0.4, 0.5) is 10.3 Å². The lowest BCUT2D eigenvalue weighted by Crippen LogP contribution is -2.32. The second-order valence-electron chi connectivity index (χ2n) is 7.85. The highest BCUT2D eigenvalue weighted by molar-refractivity contribution is 9.10. The van der Waals surface area contributed by atoms with Crippen molar-refractivity contribution in [2.24, 2.45) is 0 Å². The first-order valence-electron chi connectivity index (χ1n) is 10.4. The van der Waals surface area contributed by atoms with E-state index in [0.29, 0.717) is 17.4 Å². The van der Waals surface area contributed by atoms with Crippen LogP contribution in [0.2, 0.25) is 0 Å². The molecule has 3 heterocycles. The standard InChI is InChI=1S/C25H18BrFN4O2/c1-32-18-10-11-19-20(12-18)33-24(15-2-6-16(26)7-3-15)21-22(19)30-25-28-13-29-31(25)23(21)14-4-8-17(27)9-5-14/h2-13,23-24H,1H3,(H,28,29,30). The summed E-state index contributed by atoms with van der Waals surface area (Å²) in [6, 6.07) is 20.0. The molecule has 2 aliphatic rings. The lowest BCUT2D eigenvalue weighted by atomic mass is 9.84. The molecule has 2 aliphatic heterocycles. The molecule has 0 spiro atoms. The highest BCUT2D eigenvalue weighted by Crippen LogP contribution is 2.51. The van der Waals surface area contributed by atoms with Gasteiger partial charge in [0.2, 0.25) is 5.95 Å². The predicted molar refractivity (Wildman–Crippen MR) is 126 cm³/mol. The molecule has 6 rings (SSSR count). The van der Waals surface area contributed by atoms with Crippen molar-refractivity contribution in [2.45, 2.75) is 12.1 Å². The molecule has 33 heavy (non-hydrogen) atoms. The Kier molecular flexibility index (Phi) is 4.69. The van der Waals surface area contributed by atoms with Crippen molar-refractivity contribution in [1.29, 1.82) is 0 Å². The van der Waals surface area contributed by atoms with Crippen molar-refractivity contribution in [3.05, 3.63) is 106 Å². The highest BCUT2D eigenvalue weighted by Gasteiger charge is 2.41. The minimum atomic E-state index is -0.410. The zero-order valence-corrected chi connectivity index (χ0v) is 19.1. The number of anilines is 1. The van der Waals surface area contributed by atoms with Crippen LogP contribution in [0.15, 0.2) is 83.1 Å². The Morgan fingerprint density at radius 3 is 2.55 bits per heavy atom. The Labute approximate surface area is 197 Å². The molecule has 2 atom stereocenters. The SMILES string of the molecule is COc1ccc2c(c1)OC(c1ccc(Br)cc1)C1=C2Nc2ncnn2C1c1ccc(F)cc1. The van der Waals surface area contributed by atoms with Gasteiger partial charge in [0.05, 0.1) is 12.8 Å². The van der Waals surface area contributed by atoms with Crippen LogP contribution >= 0.6 is 15.9 Å². The molecule has 0 radical (unpaired) electrons. The number of benzene rings is 3. The predicted octanol–water partition coefficient (Wildman–Crippen LogP) is 5.75. The van der Waals surface area contributed by atoms with Crippen LogP contribution in [-0.4, -0.2) is 21.9 Å². The lowest BCUT2D eigenvalue weighted by molar-refractivity contribution is 0.222. The highest BCUT2D eigenvalue weighted by atomic mass is 79.9. The fraction of sp³-hybridized carbons (Fsp3) is 0.120. The van der Waals surface area contributed by atoms with Crippen LogP contribution in [0.5, 0.6) is 11.5 Å². The average Bonchev–Trinajstić information content (AvgIpc) is 3.31. The molecule has 0 saturated heterocycles. The smallest absolute Gasteiger partial charge is 0.226 e. The summed E-state index contributed by atoms with van der Waals surface area (Å²) in [6.07, 6.45) is 1.11. The van der Waals surface area contributed by atoms with Crippen molar-refractivity contribution >= 4 is 27.6 Å². The van der Waals surface area contributed by atoms with Gasteiger partial charge in [0.15, 0.2) is 0 Å². The molecule has 0 fully saturated rings. The molecule has 8 heteroatoms. The number of hydrogen-bond acceptors (Lipinski definition) is 5. The number of halogens is 2. The number of fused-ring (bicyclic) bond motifs is 3. The molecule has 0 amide bonds.